The summed E-state index contributed by atoms with van der Waals surface area (Å²) in [7, 11) is 1.71. The number of rotatable bonds is 3. The van der Waals surface area contributed by atoms with Crippen LogP contribution in [0, 0.1) is 0 Å². The highest BCUT2D eigenvalue weighted by atomic mass is 16.5. The molecule has 1 atom stereocenters. The first-order chi connectivity index (χ1) is 9.36. The van der Waals surface area contributed by atoms with Crippen molar-refractivity contribution < 1.29 is 4.74 Å². The number of nitrogens with zero attached hydrogens (tertiary/aromatic N) is 1. The maximum absolute atomic E-state index is 5.21. The Morgan fingerprint density at radius 3 is 2.42 bits per heavy atom. The maximum atomic E-state index is 5.21. The van der Waals surface area contributed by atoms with E-state index in [1.165, 1.54) is 17.7 Å². The minimum absolute atomic E-state index is 0.631. The summed E-state index contributed by atoms with van der Waals surface area (Å²) in [5, 5.41) is 0. The molecule has 0 amide bonds. The van der Waals surface area contributed by atoms with Crippen molar-refractivity contribution >= 4 is 5.69 Å². The summed E-state index contributed by atoms with van der Waals surface area (Å²) in [6.07, 6.45) is 1.22. The van der Waals surface area contributed by atoms with E-state index < -0.39 is 0 Å². The van der Waals surface area contributed by atoms with E-state index in [9.17, 15) is 0 Å². The molecule has 0 radical (unpaired) electrons. The zero-order chi connectivity index (χ0) is 13.1. The van der Waals surface area contributed by atoms with Crippen LogP contribution in [0.2, 0.25) is 0 Å². The number of methoxy groups -OCH3 is 1. The first-order valence-electron chi connectivity index (χ1n) is 6.81. The van der Waals surface area contributed by atoms with Gasteiger partial charge in [-0.1, -0.05) is 30.3 Å². The lowest BCUT2D eigenvalue weighted by molar-refractivity contribution is 0.414. The van der Waals surface area contributed by atoms with Gasteiger partial charge in [0.1, 0.15) is 5.75 Å². The molecular formula is C17H19NO. The molecule has 1 heterocycles. The zero-order valence-electron chi connectivity index (χ0n) is 11.3. The third kappa shape index (κ3) is 2.58. The van der Waals surface area contributed by atoms with Gasteiger partial charge in [0.05, 0.1) is 7.11 Å². The van der Waals surface area contributed by atoms with Crippen LogP contribution in [0.15, 0.2) is 54.6 Å². The second kappa shape index (κ2) is 5.35. The van der Waals surface area contributed by atoms with Crippen molar-refractivity contribution in [3.8, 4) is 5.75 Å². The van der Waals surface area contributed by atoms with Crippen LogP contribution in [-0.4, -0.2) is 20.2 Å². The zero-order valence-corrected chi connectivity index (χ0v) is 11.3. The van der Waals surface area contributed by atoms with Gasteiger partial charge in [0.25, 0.3) is 0 Å². The quantitative estimate of drug-likeness (QED) is 0.827. The third-order valence-corrected chi connectivity index (χ3v) is 3.90. The highest BCUT2D eigenvalue weighted by molar-refractivity contribution is 5.48. The number of anilines is 1. The molecule has 3 rings (SSSR count). The Morgan fingerprint density at radius 2 is 1.74 bits per heavy atom. The van der Waals surface area contributed by atoms with Gasteiger partial charge in [-0.2, -0.15) is 0 Å². The molecule has 1 aliphatic rings. The Morgan fingerprint density at radius 1 is 1.00 bits per heavy atom. The van der Waals surface area contributed by atoms with Crippen LogP contribution < -0.4 is 9.64 Å². The fourth-order valence-electron chi connectivity index (χ4n) is 2.78. The summed E-state index contributed by atoms with van der Waals surface area (Å²) >= 11 is 0. The van der Waals surface area contributed by atoms with Gasteiger partial charge < -0.3 is 9.64 Å². The fraction of sp³-hybridized carbons (Fsp3) is 0.294. The molecule has 0 N–H and O–H groups in total. The van der Waals surface area contributed by atoms with E-state index in [0.29, 0.717) is 5.92 Å². The molecule has 2 aromatic carbocycles. The van der Waals surface area contributed by atoms with Crippen LogP contribution in [0.3, 0.4) is 0 Å². The molecule has 2 aromatic rings. The first kappa shape index (κ1) is 12.1. The highest BCUT2D eigenvalue weighted by Crippen LogP contribution is 2.31. The van der Waals surface area contributed by atoms with E-state index in [1.54, 1.807) is 7.11 Å². The smallest absolute Gasteiger partial charge is 0.118 e. The molecule has 0 aliphatic carbocycles. The van der Waals surface area contributed by atoms with Crippen LogP contribution in [0.5, 0.6) is 5.75 Å². The third-order valence-electron chi connectivity index (χ3n) is 3.90. The molecule has 1 fully saturated rings. The first-order valence-corrected chi connectivity index (χ1v) is 6.81. The number of hydrogen-bond acceptors (Lipinski definition) is 2. The molecule has 0 saturated carbocycles. The number of ether oxygens (including phenoxy) is 1. The molecule has 19 heavy (non-hydrogen) atoms. The van der Waals surface area contributed by atoms with Crippen molar-refractivity contribution in [3.05, 3.63) is 60.2 Å². The van der Waals surface area contributed by atoms with Gasteiger partial charge in [-0.3, -0.25) is 0 Å². The van der Waals surface area contributed by atoms with Crippen molar-refractivity contribution in [2.24, 2.45) is 0 Å². The topological polar surface area (TPSA) is 12.5 Å². The molecule has 2 nitrogen and oxygen atoms in total. The van der Waals surface area contributed by atoms with Crippen LogP contribution in [-0.2, 0) is 0 Å². The molecular weight excluding hydrogens is 234 g/mol. The lowest BCUT2D eigenvalue weighted by Crippen LogP contribution is -2.18. The lowest BCUT2D eigenvalue weighted by Gasteiger charge is -2.18. The number of para-hydroxylation sites is 1. The second-order valence-corrected chi connectivity index (χ2v) is 5.04. The van der Waals surface area contributed by atoms with Gasteiger partial charge in [0.15, 0.2) is 0 Å². The van der Waals surface area contributed by atoms with Gasteiger partial charge in [-0.25, -0.2) is 0 Å². The Kier molecular flexibility index (Phi) is 3.41. The van der Waals surface area contributed by atoms with Crippen molar-refractivity contribution in [2.45, 2.75) is 12.3 Å². The molecule has 98 valence electrons. The standard InChI is InChI=1S/C17H19NO/c1-19-17-9-7-14(8-10-17)15-11-12-18(13-15)16-5-3-2-4-6-16/h2-10,15H,11-13H2,1H3. The SMILES string of the molecule is COc1ccc(C2CCN(c3ccccc3)C2)cc1. The predicted octanol–water partition coefficient (Wildman–Crippen LogP) is 3.69. The van der Waals surface area contributed by atoms with E-state index in [2.05, 4.69) is 59.5 Å². The van der Waals surface area contributed by atoms with Gasteiger partial charge in [-0.15, -0.1) is 0 Å². The van der Waals surface area contributed by atoms with Crippen LogP contribution in [0.25, 0.3) is 0 Å². The van der Waals surface area contributed by atoms with Crippen LogP contribution in [0.4, 0.5) is 5.69 Å². The van der Waals surface area contributed by atoms with Crippen molar-refractivity contribution in [2.75, 3.05) is 25.1 Å². The molecule has 1 unspecified atom stereocenters. The van der Waals surface area contributed by atoms with Crippen molar-refractivity contribution in [3.63, 3.8) is 0 Å². The predicted molar refractivity (Wildman–Crippen MR) is 79.0 cm³/mol. The van der Waals surface area contributed by atoms with Gasteiger partial charge in [-0.05, 0) is 36.2 Å². The molecule has 2 heteroatoms. The summed E-state index contributed by atoms with van der Waals surface area (Å²) in [5.74, 6) is 1.56. The van der Waals surface area contributed by atoms with E-state index in [0.717, 1.165) is 18.8 Å². The van der Waals surface area contributed by atoms with E-state index in [-0.39, 0.29) is 0 Å². The number of benzene rings is 2. The van der Waals surface area contributed by atoms with Crippen molar-refractivity contribution in [1.29, 1.82) is 0 Å². The molecule has 0 bridgehead atoms. The average molecular weight is 253 g/mol. The summed E-state index contributed by atoms with van der Waals surface area (Å²) in [6, 6.07) is 19.2. The Balaban J connectivity index is 1.71. The minimum Gasteiger partial charge on any atom is -0.497 e. The van der Waals surface area contributed by atoms with E-state index in [1.807, 2.05) is 0 Å². The summed E-state index contributed by atoms with van der Waals surface area (Å²) in [5.41, 5.74) is 2.75. The van der Waals surface area contributed by atoms with Gasteiger partial charge >= 0.3 is 0 Å². The van der Waals surface area contributed by atoms with Gasteiger partial charge in [0.2, 0.25) is 0 Å². The minimum atomic E-state index is 0.631. The number of hydrogen-bond donors (Lipinski definition) is 0. The normalized spacial score (nSPS) is 18.6. The van der Waals surface area contributed by atoms with Crippen molar-refractivity contribution in [1.82, 2.24) is 0 Å². The largest absolute Gasteiger partial charge is 0.497 e. The van der Waals surface area contributed by atoms with E-state index in [4.69, 9.17) is 4.74 Å². The molecule has 1 aliphatic heterocycles. The summed E-state index contributed by atoms with van der Waals surface area (Å²) in [4.78, 5) is 2.47. The van der Waals surface area contributed by atoms with Gasteiger partial charge in [0, 0.05) is 24.7 Å². The molecule has 1 saturated heterocycles. The Hall–Kier alpha value is -1.96. The fourth-order valence-corrected chi connectivity index (χ4v) is 2.78. The Bertz CT molecular complexity index is 521. The average Bonchev–Trinajstić information content (AvgIpc) is 2.98. The molecule has 0 spiro atoms. The Labute approximate surface area is 114 Å². The molecule has 0 aromatic heterocycles. The van der Waals surface area contributed by atoms with Crippen LogP contribution >= 0.6 is 0 Å². The second-order valence-electron chi connectivity index (χ2n) is 5.04. The highest BCUT2D eigenvalue weighted by Gasteiger charge is 2.23. The maximum Gasteiger partial charge on any atom is 0.118 e. The summed E-state index contributed by atoms with van der Waals surface area (Å²) < 4.78 is 5.21. The summed E-state index contributed by atoms with van der Waals surface area (Å²) in [6.45, 7) is 2.25. The lowest BCUT2D eigenvalue weighted by atomic mass is 9.98. The monoisotopic (exact) mass is 253 g/mol. The van der Waals surface area contributed by atoms with E-state index >= 15 is 0 Å². The van der Waals surface area contributed by atoms with Crippen LogP contribution in [0.1, 0.15) is 17.9 Å².